The molecule has 1 N–H and O–H groups in total. The number of halogens is 2. The van der Waals surface area contributed by atoms with E-state index in [0.29, 0.717) is 23.7 Å². The van der Waals surface area contributed by atoms with Gasteiger partial charge in [-0.2, -0.15) is 0 Å². The Hall–Kier alpha value is -1.40. The zero-order valence-electron chi connectivity index (χ0n) is 11.6. The third kappa shape index (κ3) is 4.04. The molecule has 110 valence electrons. The van der Waals surface area contributed by atoms with Gasteiger partial charge in [0.25, 0.3) is 5.91 Å². The highest BCUT2D eigenvalue weighted by Crippen LogP contribution is 2.26. The summed E-state index contributed by atoms with van der Waals surface area (Å²) in [6, 6.07) is 8.82. The third-order valence-corrected chi connectivity index (χ3v) is 4.21. The fraction of sp³-hybridized carbons (Fsp3) is 0.200. The Morgan fingerprint density at radius 3 is 2.62 bits per heavy atom. The van der Waals surface area contributed by atoms with Crippen molar-refractivity contribution in [1.82, 2.24) is 4.98 Å². The molecule has 2 aromatic rings. The van der Waals surface area contributed by atoms with E-state index in [1.54, 1.807) is 24.3 Å². The van der Waals surface area contributed by atoms with E-state index in [0.717, 1.165) is 14.6 Å². The lowest BCUT2D eigenvalue weighted by atomic mass is 10.2. The number of nitrogens with zero attached hydrogens (tertiary/aromatic N) is 1. The highest BCUT2D eigenvalue weighted by Gasteiger charge is 2.10. The Kier molecular flexibility index (Phi) is 5.36. The van der Waals surface area contributed by atoms with Crippen molar-refractivity contribution in [2.75, 3.05) is 11.9 Å². The van der Waals surface area contributed by atoms with Gasteiger partial charge in [-0.15, -0.1) is 0 Å². The zero-order chi connectivity index (χ0) is 15.4. The first-order valence-corrected chi connectivity index (χ1v) is 7.96. The summed E-state index contributed by atoms with van der Waals surface area (Å²) in [5, 5.41) is 2.77. The number of benzene rings is 1. The Morgan fingerprint density at radius 2 is 2.00 bits per heavy atom. The molecule has 0 saturated heterocycles. The molecule has 2 rings (SSSR count). The molecule has 0 aliphatic heterocycles. The first kappa shape index (κ1) is 16.0. The number of nitrogens with one attached hydrogen (secondary N) is 1. The van der Waals surface area contributed by atoms with Crippen LogP contribution in [0.5, 0.6) is 5.75 Å². The van der Waals surface area contributed by atoms with Gasteiger partial charge in [0.05, 0.1) is 16.8 Å². The Bertz CT molecular complexity index is 675. The topological polar surface area (TPSA) is 51.2 Å². The summed E-state index contributed by atoms with van der Waals surface area (Å²) in [4.78, 5) is 16.5. The van der Waals surface area contributed by atoms with Crippen LogP contribution in [0.2, 0.25) is 0 Å². The lowest BCUT2D eigenvalue weighted by Gasteiger charge is -2.09. The molecule has 0 aliphatic carbocycles. The Morgan fingerprint density at radius 1 is 1.24 bits per heavy atom. The second-order valence-electron chi connectivity index (χ2n) is 4.30. The smallest absolute Gasteiger partial charge is 0.256 e. The van der Waals surface area contributed by atoms with Crippen LogP contribution >= 0.6 is 31.9 Å². The number of carbonyl (C=O) groups is 1. The van der Waals surface area contributed by atoms with Crippen molar-refractivity contribution >= 4 is 43.6 Å². The van der Waals surface area contributed by atoms with E-state index in [9.17, 15) is 4.79 Å². The molecule has 0 aliphatic rings. The van der Waals surface area contributed by atoms with E-state index in [1.165, 1.54) is 0 Å². The number of amides is 1. The molecule has 0 fully saturated rings. The second-order valence-corrected chi connectivity index (χ2v) is 6.00. The van der Waals surface area contributed by atoms with Crippen LogP contribution in [0.4, 0.5) is 5.82 Å². The van der Waals surface area contributed by atoms with Gasteiger partial charge in [-0.3, -0.25) is 4.79 Å². The molecule has 0 saturated carbocycles. The van der Waals surface area contributed by atoms with E-state index in [2.05, 4.69) is 42.2 Å². The molecule has 0 bridgehead atoms. The van der Waals surface area contributed by atoms with Crippen LogP contribution in [0.25, 0.3) is 0 Å². The van der Waals surface area contributed by atoms with Gasteiger partial charge in [0.2, 0.25) is 0 Å². The summed E-state index contributed by atoms with van der Waals surface area (Å²) < 4.78 is 7.08. The predicted molar refractivity (Wildman–Crippen MR) is 89.9 cm³/mol. The first-order valence-electron chi connectivity index (χ1n) is 6.38. The largest absolute Gasteiger partial charge is 0.493 e. The van der Waals surface area contributed by atoms with Crippen LogP contribution < -0.4 is 10.1 Å². The van der Waals surface area contributed by atoms with Crippen LogP contribution in [-0.4, -0.2) is 17.5 Å². The monoisotopic (exact) mass is 412 g/mol. The van der Waals surface area contributed by atoms with Gasteiger partial charge in [0.15, 0.2) is 0 Å². The van der Waals surface area contributed by atoms with Crippen LogP contribution in [0, 0.1) is 6.92 Å². The zero-order valence-corrected chi connectivity index (χ0v) is 14.8. The van der Waals surface area contributed by atoms with E-state index in [1.807, 2.05) is 19.9 Å². The summed E-state index contributed by atoms with van der Waals surface area (Å²) in [5.74, 6) is 1.02. The van der Waals surface area contributed by atoms with Crippen molar-refractivity contribution in [1.29, 1.82) is 0 Å². The van der Waals surface area contributed by atoms with E-state index in [4.69, 9.17) is 4.74 Å². The van der Waals surface area contributed by atoms with Crippen molar-refractivity contribution in [2.45, 2.75) is 13.8 Å². The number of anilines is 1. The van der Waals surface area contributed by atoms with Gasteiger partial charge in [-0.05, 0) is 76.0 Å². The molecule has 1 amide bonds. The number of aryl methyl sites for hydroxylation is 1. The molecule has 1 heterocycles. The van der Waals surface area contributed by atoms with Crippen molar-refractivity contribution in [2.24, 2.45) is 0 Å². The lowest BCUT2D eigenvalue weighted by molar-refractivity contribution is 0.102. The molecule has 0 spiro atoms. The molecule has 0 unspecified atom stereocenters. The summed E-state index contributed by atoms with van der Waals surface area (Å²) in [7, 11) is 0. The third-order valence-electron chi connectivity index (χ3n) is 2.76. The van der Waals surface area contributed by atoms with Gasteiger partial charge < -0.3 is 10.1 Å². The maximum atomic E-state index is 12.2. The van der Waals surface area contributed by atoms with Crippen LogP contribution in [0.3, 0.4) is 0 Å². The number of aromatic nitrogens is 1. The lowest BCUT2D eigenvalue weighted by Crippen LogP contribution is -2.13. The van der Waals surface area contributed by atoms with Crippen LogP contribution in [0.15, 0.2) is 39.3 Å². The van der Waals surface area contributed by atoms with Gasteiger partial charge in [0.1, 0.15) is 11.6 Å². The van der Waals surface area contributed by atoms with Gasteiger partial charge in [0, 0.05) is 10.0 Å². The highest BCUT2D eigenvalue weighted by molar-refractivity contribution is 9.10. The average Bonchev–Trinajstić information content (AvgIpc) is 2.45. The van der Waals surface area contributed by atoms with E-state index >= 15 is 0 Å². The maximum absolute atomic E-state index is 12.2. The number of hydrogen-bond donors (Lipinski definition) is 1. The van der Waals surface area contributed by atoms with Crippen LogP contribution in [-0.2, 0) is 0 Å². The van der Waals surface area contributed by atoms with E-state index in [-0.39, 0.29) is 5.91 Å². The fourth-order valence-corrected chi connectivity index (χ4v) is 2.43. The second kappa shape index (κ2) is 7.04. The number of rotatable bonds is 4. The minimum absolute atomic E-state index is 0.215. The number of pyridine rings is 1. The quantitative estimate of drug-likeness (QED) is 0.798. The normalized spacial score (nSPS) is 10.3. The fourth-order valence-electron chi connectivity index (χ4n) is 1.72. The standard InChI is InChI=1S/C15H14Br2N2O2/c1-3-21-13-6-4-10(8-12(13)17)15(20)19-14-7-5-11(16)9(2)18-14/h4-8H,3H2,1-2H3,(H,18,19,20). The molecule has 6 heteroatoms. The van der Waals surface area contributed by atoms with Crippen molar-refractivity contribution < 1.29 is 9.53 Å². The predicted octanol–water partition coefficient (Wildman–Crippen LogP) is 4.57. The molecule has 0 radical (unpaired) electrons. The minimum atomic E-state index is -0.215. The summed E-state index contributed by atoms with van der Waals surface area (Å²) in [6.45, 7) is 4.36. The molecule has 21 heavy (non-hydrogen) atoms. The number of ether oxygens (including phenoxy) is 1. The first-order chi connectivity index (χ1) is 10.0. The van der Waals surface area contributed by atoms with Crippen molar-refractivity contribution in [3.8, 4) is 5.75 Å². The number of carbonyl (C=O) groups excluding carboxylic acids is 1. The molecule has 1 aromatic carbocycles. The van der Waals surface area contributed by atoms with E-state index < -0.39 is 0 Å². The molecular weight excluding hydrogens is 400 g/mol. The molecule has 1 aromatic heterocycles. The van der Waals surface area contributed by atoms with Gasteiger partial charge in [-0.1, -0.05) is 0 Å². The minimum Gasteiger partial charge on any atom is -0.493 e. The Labute approximate surface area is 140 Å². The van der Waals surface area contributed by atoms with Crippen molar-refractivity contribution in [3.05, 3.63) is 50.5 Å². The molecule has 0 atom stereocenters. The average molecular weight is 414 g/mol. The maximum Gasteiger partial charge on any atom is 0.256 e. The van der Waals surface area contributed by atoms with Crippen molar-refractivity contribution in [3.63, 3.8) is 0 Å². The molecular formula is C15H14Br2N2O2. The SMILES string of the molecule is CCOc1ccc(C(=O)Nc2ccc(Br)c(C)n2)cc1Br. The van der Waals surface area contributed by atoms with Gasteiger partial charge in [-0.25, -0.2) is 4.98 Å². The Balaban J connectivity index is 2.16. The van der Waals surface area contributed by atoms with Gasteiger partial charge >= 0.3 is 0 Å². The van der Waals surface area contributed by atoms with Crippen LogP contribution in [0.1, 0.15) is 23.0 Å². The summed E-state index contributed by atoms with van der Waals surface area (Å²) in [6.07, 6.45) is 0. The summed E-state index contributed by atoms with van der Waals surface area (Å²) in [5.41, 5.74) is 1.35. The number of hydrogen-bond acceptors (Lipinski definition) is 3. The highest BCUT2D eigenvalue weighted by atomic mass is 79.9. The summed E-state index contributed by atoms with van der Waals surface area (Å²) >= 11 is 6.77. The molecule has 4 nitrogen and oxygen atoms in total.